The first-order valence-electron chi connectivity index (χ1n) is 15.4. The van der Waals surface area contributed by atoms with Crippen LogP contribution in [-0.2, 0) is 0 Å². The van der Waals surface area contributed by atoms with Crippen molar-refractivity contribution in [2.45, 2.75) is 102 Å². The van der Waals surface area contributed by atoms with E-state index in [-0.39, 0.29) is 6.10 Å². The summed E-state index contributed by atoms with van der Waals surface area (Å²) in [7, 11) is 0. The lowest BCUT2D eigenvalue weighted by atomic mass is 9.69. The van der Waals surface area contributed by atoms with Gasteiger partial charge in [0, 0.05) is 32.7 Å². The normalized spacial score (nSPS) is 41.6. The molecule has 2 saturated heterocycles. The molecule has 3 nitrogen and oxygen atoms in total. The van der Waals surface area contributed by atoms with Gasteiger partial charge < -0.3 is 10.0 Å². The average Bonchev–Trinajstić information content (AvgIpc) is 2.85. The predicted octanol–water partition coefficient (Wildman–Crippen LogP) is 6.99. The van der Waals surface area contributed by atoms with Crippen LogP contribution in [-0.4, -0.2) is 60.3 Å². The zero-order chi connectivity index (χ0) is 24.1. The molecule has 0 aromatic heterocycles. The third-order valence-electron chi connectivity index (χ3n) is 9.36. The second-order valence-electron chi connectivity index (χ2n) is 12.2. The molecule has 1 N–H and O–H groups in total. The molecule has 0 radical (unpaired) electrons. The summed E-state index contributed by atoms with van der Waals surface area (Å²) in [6.45, 7) is 7.10. The summed E-state index contributed by atoms with van der Waals surface area (Å²) in [6, 6.07) is 0. The van der Waals surface area contributed by atoms with Crippen molar-refractivity contribution in [3.05, 3.63) is 36.5 Å². The van der Waals surface area contributed by atoms with E-state index in [2.05, 4.69) is 40.2 Å². The van der Waals surface area contributed by atoms with E-state index in [1.165, 1.54) is 129 Å². The maximum absolute atomic E-state index is 10.8. The predicted molar refractivity (Wildman–Crippen MR) is 150 cm³/mol. The van der Waals surface area contributed by atoms with Crippen LogP contribution in [0.5, 0.6) is 0 Å². The lowest BCUT2D eigenvalue weighted by Crippen LogP contribution is -2.50. The summed E-state index contributed by atoms with van der Waals surface area (Å²) in [5.41, 5.74) is 0. The number of allylic oxidation sites excluding steroid dienone is 4. The maximum atomic E-state index is 10.8. The molecule has 0 amide bonds. The highest BCUT2D eigenvalue weighted by Crippen LogP contribution is 2.40. The minimum absolute atomic E-state index is 0.346. The SMILES string of the molecule is OC1/C=C\C=C/CCCCCC[C@H]2CN3CC/C=C\CCCCCC[C@@H]4C[C@@H](CN(C1)C4)[C@H]2CC3. The zero-order valence-corrected chi connectivity index (χ0v) is 22.5. The lowest BCUT2D eigenvalue weighted by Gasteiger charge is -2.47. The van der Waals surface area contributed by atoms with Gasteiger partial charge in [-0.15, -0.1) is 0 Å². The third-order valence-corrected chi connectivity index (χ3v) is 9.36. The smallest absolute Gasteiger partial charge is 0.0850 e. The largest absolute Gasteiger partial charge is 0.388 e. The zero-order valence-electron chi connectivity index (χ0n) is 22.5. The van der Waals surface area contributed by atoms with E-state index >= 15 is 0 Å². The van der Waals surface area contributed by atoms with E-state index in [1.807, 2.05) is 6.08 Å². The van der Waals surface area contributed by atoms with E-state index in [0.717, 1.165) is 30.2 Å². The van der Waals surface area contributed by atoms with Gasteiger partial charge in [0.1, 0.15) is 0 Å². The van der Waals surface area contributed by atoms with Crippen LogP contribution < -0.4 is 0 Å². The van der Waals surface area contributed by atoms with E-state index in [0.29, 0.717) is 0 Å². The second kappa shape index (κ2) is 15.4. The monoisotopic (exact) mass is 482 g/mol. The van der Waals surface area contributed by atoms with E-state index in [4.69, 9.17) is 0 Å². The van der Waals surface area contributed by atoms with Gasteiger partial charge >= 0.3 is 0 Å². The quantitative estimate of drug-likeness (QED) is 0.377. The van der Waals surface area contributed by atoms with Gasteiger partial charge in [0.05, 0.1) is 6.10 Å². The minimum atomic E-state index is -0.346. The van der Waals surface area contributed by atoms with Gasteiger partial charge in [0.25, 0.3) is 0 Å². The second-order valence-corrected chi connectivity index (χ2v) is 12.2. The molecule has 0 saturated carbocycles. The molecular weight excluding hydrogens is 428 g/mol. The molecule has 5 heterocycles. The number of nitrogens with zero attached hydrogens (tertiary/aromatic N) is 2. The lowest BCUT2D eigenvalue weighted by molar-refractivity contribution is 0.00963. The topological polar surface area (TPSA) is 26.7 Å². The van der Waals surface area contributed by atoms with Gasteiger partial charge in [-0.25, -0.2) is 0 Å². The molecule has 5 aliphatic rings. The van der Waals surface area contributed by atoms with Gasteiger partial charge in [-0.3, -0.25) is 4.90 Å². The van der Waals surface area contributed by atoms with Gasteiger partial charge in [0.15, 0.2) is 0 Å². The summed E-state index contributed by atoms with van der Waals surface area (Å²) in [5.74, 6) is 3.40. The van der Waals surface area contributed by atoms with Crippen molar-refractivity contribution in [1.82, 2.24) is 9.80 Å². The van der Waals surface area contributed by atoms with Crippen LogP contribution in [0.4, 0.5) is 0 Å². The summed E-state index contributed by atoms with van der Waals surface area (Å²) in [4.78, 5) is 5.45. The number of aliphatic hydroxyl groups excluding tert-OH is 1. The molecule has 5 aliphatic heterocycles. The Balaban J connectivity index is 1.51. The van der Waals surface area contributed by atoms with Crippen LogP contribution in [0.15, 0.2) is 36.5 Å². The molecule has 7 atom stereocenters. The highest BCUT2D eigenvalue weighted by atomic mass is 16.3. The Bertz CT molecular complexity index is 670. The van der Waals surface area contributed by atoms with Crippen molar-refractivity contribution in [3.8, 4) is 0 Å². The molecule has 3 unspecified atom stereocenters. The molecule has 5 rings (SSSR count). The summed E-state index contributed by atoms with van der Waals surface area (Å²) in [5, 5.41) is 10.8. The van der Waals surface area contributed by atoms with Crippen LogP contribution in [0.1, 0.15) is 96.3 Å². The van der Waals surface area contributed by atoms with Crippen LogP contribution in [0.2, 0.25) is 0 Å². The van der Waals surface area contributed by atoms with Gasteiger partial charge in [-0.1, -0.05) is 75.0 Å². The van der Waals surface area contributed by atoms with Gasteiger partial charge in [-0.2, -0.15) is 0 Å². The average molecular weight is 483 g/mol. The van der Waals surface area contributed by atoms with Crippen molar-refractivity contribution in [1.29, 1.82) is 0 Å². The van der Waals surface area contributed by atoms with Crippen molar-refractivity contribution >= 4 is 0 Å². The Hall–Kier alpha value is -0.900. The fraction of sp³-hybridized carbons (Fsp3) is 0.812. The molecule has 6 bridgehead atoms. The highest BCUT2D eigenvalue weighted by Gasteiger charge is 2.38. The highest BCUT2D eigenvalue weighted by molar-refractivity contribution is 5.05. The van der Waals surface area contributed by atoms with Crippen molar-refractivity contribution in [2.24, 2.45) is 23.7 Å². The first-order valence-corrected chi connectivity index (χ1v) is 15.4. The summed E-state index contributed by atoms with van der Waals surface area (Å²) < 4.78 is 0. The standard InChI is InChI=1S/C32H54N2O/c35-31-19-15-11-7-2-1-6-10-14-18-29-25-33-21-16-12-8-4-3-5-9-13-17-28-23-30(32(29)20-22-33)26-34(24-28)27-31/h7-8,11-12,15,19,28-32,35H,1-6,9-10,13-14,16-18,20-27H2/b11-7-,12-8-,19-15-/t28-,29+,30+,31?,32+/m1/s1. The molecule has 198 valence electrons. The van der Waals surface area contributed by atoms with E-state index in [9.17, 15) is 5.11 Å². The van der Waals surface area contributed by atoms with Crippen LogP contribution >= 0.6 is 0 Å². The van der Waals surface area contributed by atoms with Gasteiger partial charge in [-0.05, 0) is 88.0 Å². The molecule has 2 fully saturated rings. The molecule has 3 heteroatoms. The molecule has 0 aromatic carbocycles. The van der Waals surface area contributed by atoms with Crippen LogP contribution in [0, 0.1) is 23.7 Å². The Kier molecular flexibility index (Phi) is 11.9. The molecule has 35 heavy (non-hydrogen) atoms. The van der Waals surface area contributed by atoms with E-state index < -0.39 is 0 Å². The Morgan fingerprint density at radius 1 is 0.571 bits per heavy atom. The van der Waals surface area contributed by atoms with Crippen LogP contribution in [0.3, 0.4) is 0 Å². The Morgan fingerprint density at radius 2 is 1.31 bits per heavy atom. The number of piperidine rings is 2. The third kappa shape index (κ3) is 9.48. The first-order chi connectivity index (χ1) is 17.3. The number of hydrogen-bond acceptors (Lipinski definition) is 3. The van der Waals surface area contributed by atoms with Crippen molar-refractivity contribution in [3.63, 3.8) is 0 Å². The van der Waals surface area contributed by atoms with Crippen LogP contribution in [0.25, 0.3) is 0 Å². The first kappa shape index (κ1) is 27.1. The summed E-state index contributed by atoms with van der Waals surface area (Å²) >= 11 is 0. The van der Waals surface area contributed by atoms with Crippen molar-refractivity contribution < 1.29 is 5.11 Å². The Morgan fingerprint density at radius 3 is 2.20 bits per heavy atom. The fourth-order valence-electron chi connectivity index (χ4n) is 7.53. The van der Waals surface area contributed by atoms with Gasteiger partial charge in [0.2, 0.25) is 0 Å². The molecule has 0 aliphatic carbocycles. The number of fused-ring (bicyclic) bond motifs is 10. The maximum Gasteiger partial charge on any atom is 0.0850 e. The fourth-order valence-corrected chi connectivity index (χ4v) is 7.53. The number of aliphatic hydroxyl groups is 1. The minimum Gasteiger partial charge on any atom is -0.388 e. The number of rotatable bonds is 0. The van der Waals surface area contributed by atoms with E-state index in [1.54, 1.807) is 0 Å². The van der Waals surface area contributed by atoms with Crippen molar-refractivity contribution in [2.75, 3.05) is 39.3 Å². The molecular formula is C32H54N2O. The molecule has 0 spiro atoms. The Labute approximate surface area is 216 Å². The number of hydrogen-bond donors (Lipinski definition) is 1. The summed E-state index contributed by atoms with van der Waals surface area (Å²) in [6.07, 6.45) is 33.4. The molecule has 0 aromatic rings.